The molecule has 1 aliphatic rings. The zero-order chi connectivity index (χ0) is 8.39. The van der Waals surface area contributed by atoms with Crippen LogP contribution in [0.25, 0.3) is 0 Å². The van der Waals surface area contributed by atoms with Gasteiger partial charge in [-0.3, -0.25) is 4.98 Å². The van der Waals surface area contributed by atoms with Crippen molar-refractivity contribution in [2.45, 2.75) is 25.8 Å². The number of nitrogens with zero attached hydrogens (tertiary/aromatic N) is 2. The second-order valence-electron chi connectivity index (χ2n) is 3.39. The van der Waals surface area contributed by atoms with Gasteiger partial charge in [-0.15, -0.1) is 0 Å². The van der Waals surface area contributed by atoms with Crippen molar-refractivity contribution in [3.8, 4) is 0 Å². The van der Waals surface area contributed by atoms with E-state index in [1.165, 1.54) is 25.1 Å². The zero-order valence-electron chi connectivity index (χ0n) is 7.40. The summed E-state index contributed by atoms with van der Waals surface area (Å²) in [7, 11) is 0. The van der Waals surface area contributed by atoms with E-state index in [0.717, 1.165) is 0 Å². The molecule has 64 valence electrons. The SMILES string of the molecule is C[C@@H]1CCCN1c1ccncc1. The molecule has 1 aromatic rings. The van der Waals surface area contributed by atoms with Gasteiger partial charge in [0, 0.05) is 30.7 Å². The zero-order valence-corrected chi connectivity index (χ0v) is 7.40. The molecule has 0 radical (unpaired) electrons. The number of aromatic nitrogens is 1. The molecule has 0 aliphatic carbocycles. The first kappa shape index (κ1) is 7.59. The normalized spacial score (nSPS) is 23.1. The van der Waals surface area contributed by atoms with Crippen molar-refractivity contribution < 1.29 is 0 Å². The summed E-state index contributed by atoms with van der Waals surface area (Å²) in [6, 6.07) is 4.87. The molecule has 2 nitrogen and oxygen atoms in total. The van der Waals surface area contributed by atoms with E-state index in [1.807, 2.05) is 12.4 Å². The summed E-state index contributed by atoms with van der Waals surface area (Å²) in [5, 5.41) is 0. The van der Waals surface area contributed by atoms with Gasteiger partial charge in [-0.05, 0) is 31.9 Å². The molecular weight excluding hydrogens is 148 g/mol. The highest BCUT2D eigenvalue weighted by molar-refractivity contribution is 5.46. The predicted molar refractivity (Wildman–Crippen MR) is 50.3 cm³/mol. The Bertz CT molecular complexity index is 245. The lowest BCUT2D eigenvalue weighted by Crippen LogP contribution is -2.25. The van der Waals surface area contributed by atoms with Crippen LogP contribution in [-0.2, 0) is 0 Å². The molecule has 1 aromatic heterocycles. The Hall–Kier alpha value is -1.05. The van der Waals surface area contributed by atoms with Crippen molar-refractivity contribution in [3.63, 3.8) is 0 Å². The molecule has 2 heterocycles. The predicted octanol–water partition coefficient (Wildman–Crippen LogP) is 2.07. The lowest BCUT2D eigenvalue weighted by atomic mass is 10.2. The summed E-state index contributed by atoms with van der Waals surface area (Å²) in [5.74, 6) is 0. The van der Waals surface area contributed by atoms with Gasteiger partial charge in [0.25, 0.3) is 0 Å². The summed E-state index contributed by atoms with van der Waals surface area (Å²) in [4.78, 5) is 6.46. The molecule has 1 aliphatic heterocycles. The standard InChI is InChI=1S/C10H14N2/c1-9-3-2-8-12(9)10-4-6-11-7-5-10/h4-7,9H,2-3,8H2,1H3/t9-/m1/s1. The fraction of sp³-hybridized carbons (Fsp3) is 0.500. The van der Waals surface area contributed by atoms with Gasteiger partial charge in [0.1, 0.15) is 0 Å². The monoisotopic (exact) mass is 162 g/mol. The fourth-order valence-electron chi connectivity index (χ4n) is 1.85. The molecule has 12 heavy (non-hydrogen) atoms. The largest absolute Gasteiger partial charge is 0.369 e. The van der Waals surface area contributed by atoms with Gasteiger partial charge in [0.2, 0.25) is 0 Å². The Morgan fingerprint density at radius 1 is 1.42 bits per heavy atom. The van der Waals surface area contributed by atoms with Crippen molar-refractivity contribution in [3.05, 3.63) is 24.5 Å². The molecule has 1 fully saturated rings. The average Bonchev–Trinajstić information content (AvgIpc) is 2.53. The van der Waals surface area contributed by atoms with Crippen molar-refractivity contribution in [1.29, 1.82) is 0 Å². The van der Waals surface area contributed by atoms with Gasteiger partial charge in [-0.25, -0.2) is 0 Å². The summed E-state index contributed by atoms with van der Waals surface area (Å²) in [5.41, 5.74) is 1.31. The van der Waals surface area contributed by atoms with Crippen LogP contribution >= 0.6 is 0 Å². The van der Waals surface area contributed by atoms with Gasteiger partial charge < -0.3 is 4.90 Å². The van der Waals surface area contributed by atoms with E-state index in [9.17, 15) is 0 Å². The molecule has 1 saturated heterocycles. The molecule has 0 saturated carbocycles. The minimum atomic E-state index is 0.701. The molecule has 0 aromatic carbocycles. The first-order valence-electron chi connectivity index (χ1n) is 4.54. The van der Waals surface area contributed by atoms with E-state index in [2.05, 4.69) is 28.9 Å². The Morgan fingerprint density at radius 2 is 2.17 bits per heavy atom. The summed E-state index contributed by atoms with van der Waals surface area (Å²) >= 11 is 0. The Morgan fingerprint density at radius 3 is 2.75 bits per heavy atom. The number of hydrogen-bond donors (Lipinski definition) is 0. The topological polar surface area (TPSA) is 16.1 Å². The van der Waals surface area contributed by atoms with E-state index in [-0.39, 0.29) is 0 Å². The third-order valence-electron chi connectivity index (χ3n) is 2.55. The molecule has 0 bridgehead atoms. The summed E-state index contributed by atoms with van der Waals surface area (Å²) in [6.07, 6.45) is 6.37. The first-order chi connectivity index (χ1) is 5.88. The van der Waals surface area contributed by atoms with Crippen molar-refractivity contribution in [1.82, 2.24) is 4.98 Å². The van der Waals surface area contributed by atoms with Gasteiger partial charge in [-0.1, -0.05) is 0 Å². The van der Waals surface area contributed by atoms with Gasteiger partial charge in [0.05, 0.1) is 0 Å². The van der Waals surface area contributed by atoms with Crippen molar-refractivity contribution in [2.24, 2.45) is 0 Å². The third-order valence-corrected chi connectivity index (χ3v) is 2.55. The number of anilines is 1. The molecule has 0 unspecified atom stereocenters. The quantitative estimate of drug-likeness (QED) is 0.628. The van der Waals surface area contributed by atoms with Crippen molar-refractivity contribution >= 4 is 5.69 Å². The second-order valence-corrected chi connectivity index (χ2v) is 3.39. The van der Waals surface area contributed by atoms with Crippen LogP contribution in [-0.4, -0.2) is 17.6 Å². The molecule has 0 amide bonds. The minimum Gasteiger partial charge on any atom is -0.369 e. The fourth-order valence-corrected chi connectivity index (χ4v) is 1.85. The lowest BCUT2D eigenvalue weighted by molar-refractivity contribution is 0.734. The van der Waals surface area contributed by atoms with Gasteiger partial charge >= 0.3 is 0 Å². The van der Waals surface area contributed by atoms with E-state index < -0.39 is 0 Å². The number of pyridine rings is 1. The van der Waals surface area contributed by atoms with Crippen LogP contribution in [0.4, 0.5) is 5.69 Å². The van der Waals surface area contributed by atoms with Crippen LogP contribution in [0.2, 0.25) is 0 Å². The number of rotatable bonds is 1. The Balaban J connectivity index is 2.19. The third kappa shape index (κ3) is 1.29. The Kier molecular flexibility index (Phi) is 1.98. The lowest BCUT2D eigenvalue weighted by Gasteiger charge is -2.23. The molecule has 0 spiro atoms. The summed E-state index contributed by atoms with van der Waals surface area (Å²) in [6.45, 7) is 3.48. The van der Waals surface area contributed by atoms with Crippen LogP contribution < -0.4 is 4.90 Å². The van der Waals surface area contributed by atoms with E-state index in [0.29, 0.717) is 6.04 Å². The maximum absolute atomic E-state index is 4.02. The van der Waals surface area contributed by atoms with E-state index in [4.69, 9.17) is 0 Å². The molecule has 1 atom stereocenters. The van der Waals surface area contributed by atoms with E-state index in [1.54, 1.807) is 0 Å². The van der Waals surface area contributed by atoms with Crippen LogP contribution in [0, 0.1) is 0 Å². The number of hydrogen-bond acceptors (Lipinski definition) is 2. The highest BCUT2D eigenvalue weighted by atomic mass is 15.2. The maximum atomic E-state index is 4.02. The van der Waals surface area contributed by atoms with Crippen molar-refractivity contribution in [2.75, 3.05) is 11.4 Å². The van der Waals surface area contributed by atoms with Crippen LogP contribution in [0.1, 0.15) is 19.8 Å². The second kappa shape index (κ2) is 3.13. The molecule has 2 rings (SSSR count). The molecular formula is C10H14N2. The minimum absolute atomic E-state index is 0.701. The molecule has 2 heteroatoms. The van der Waals surface area contributed by atoms with Gasteiger partial charge in [-0.2, -0.15) is 0 Å². The maximum Gasteiger partial charge on any atom is 0.0399 e. The van der Waals surface area contributed by atoms with Crippen LogP contribution in [0.3, 0.4) is 0 Å². The van der Waals surface area contributed by atoms with Crippen LogP contribution in [0.5, 0.6) is 0 Å². The highest BCUT2D eigenvalue weighted by Crippen LogP contribution is 2.23. The first-order valence-corrected chi connectivity index (χ1v) is 4.54. The van der Waals surface area contributed by atoms with Crippen LogP contribution in [0.15, 0.2) is 24.5 Å². The molecule has 0 N–H and O–H groups in total. The summed E-state index contributed by atoms with van der Waals surface area (Å²) < 4.78 is 0. The van der Waals surface area contributed by atoms with E-state index >= 15 is 0 Å². The average molecular weight is 162 g/mol. The Labute approximate surface area is 73.2 Å². The smallest absolute Gasteiger partial charge is 0.0399 e. The highest BCUT2D eigenvalue weighted by Gasteiger charge is 2.19. The van der Waals surface area contributed by atoms with Gasteiger partial charge in [0.15, 0.2) is 0 Å².